The molecule has 0 atom stereocenters. The standard InChI is InChI=1S/C12H9Cl2FN2/c13-7-3-1-2-4-11(7)17-12-5-8(14)9(15)6-10(12)16/h1-6,17H,16H2. The van der Waals surface area contributed by atoms with E-state index in [4.69, 9.17) is 28.9 Å². The lowest BCUT2D eigenvalue weighted by molar-refractivity contribution is 0.629. The Morgan fingerprint density at radius 2 is 1.71 bits per heavy atom. The normalized spacial score (nSPS) is 10.3. The summed E-state index contributed by atoms with van der Waals surface area (Å²) < 4.78 is 13.1. The Balaban J connectivity index is 2.37. The lowest BCUT2D eigenvalue weighted by Gasteiger charge is -2.11. The van der Waals surface area contributed by atoms with Crippen LogP contribution in [0.5, 0.6) is 0 Å². The molecule has 5 heteroatoms. The van der Waals surface area contributed by atoms with Crippen molar-refractivity contribution in [3.63, 3.8) is 0 Å². The second-order valence-corrected chi connectivity index (χ2v) is 4.27. The van der Waals surface area contributed by atoms with Gasteiger partial charge >= 0.3 is 0 Å². The predicted octanol–water partition coefficient (Wildman–Crippen LogP) is 4.46. The van der Waals surface area contributed by atoms with Crippen molar-refractivity contribution < 1.29 is 4.39 Å². The van der Waals surface area contributed by atoms with Crippen molar-refractivity contribution in [3.8, 4) is 0 Å². The van der Waals surface area contributed by atoms with Crippen molar-refractivity contribution in [2.45, 2.75) is 0 Å². The zero-order valence-electron chi connectivity index (χ0n) is 8.68. The van der Waals surface area contributed by atoms with Crippen molar-refractivity contribution >= 4 is 40.3 Å². The number of para-hydroxylation sites is 1. The Bertz CT molecular complexity index is 558. The zero-order valence-corrected chi connectivity index (χ0v) is 10.2. The Morgan fingerprint density at radius 1 is 1.00 bits per heavy atom. The quantitative estimate of drug-likeness (QED) is 0.791. The lowest BCUT2D eigenvalue weighted by Crippen LogP contribution is -1.98. The molecule has 2 aromatic rings. The topological polar surface area (TPSA) is 38.0 Å². The molecule has 0 heterocycles. The van der Waals surface area contributed by atoms with Crippen molar-refractivity contribution in [2.24, 2.45) is 0 Å². The summed E-state index contributed by atoms with van der Waals surface area (Å²) in [5.41, 5.74) is 7.16. The predicted molar refractivity (Wildman–Crippen MR) is 70.6 cm³/mol. The molecule has 0 radical (unpaired) electrons. The van der Waals surface area contributed by atoms with E-state index in [2.05, 4.69) is 5.32 Å². The summed E-state index contributed by atoms with van der Waals surface area (Å²) >= 11 is 11.7. The number of rotatable bonds is 2. The van der Waals surface area contributed by atoms with Gasteiger partial charge in [0.1, 0.15) is 5.82 Å². The Morgan fingerprint density at radius 3 is 2.41 bits per heavy atom. The first kappa shape index (κ1) is 12.0. The molecule has 0 fully saturated rings. The molecule has 0 amide bonds. The Labute approximate surface area is 108 Å². The highest BCUT2D eigenvalue weighted by molar-refractivity contribution is 6.33. The molecule has 0 spiro atoms. The summed E-state index contributed by atoms with van der Waals surface area (Å²) in [5.74, 6) is -0.547. The van der Waals surface area contributed by atoms with E-state index in [1.54, 1.807) is 12.1 Å². The minimum absolute atomic E-state index is 0.00811. The van der Waals surface area contributed by atoms with Crippen LogP contribution in [0.3, 0.4) is 0 Å². The molecule has 0 bridgehead atoms. The van der Waals surface area contributed by atoms with E-state index in [0.717, 1.165) is 0 Å². The minimum Gasteiger partial charge on any atom is -0.397 e. The van der Waals surface area contributed by atoms with Crippen LogP contribution in [0.2, 0.25) is 10.0 Å². The molecule has 2 aromatic carbocycles. The summed E-state index contributed by atoms with van der Waals surface area (Å²) in [6, 6.07) is 9.77. The van der Waals surface area contributed by atoms with Gasteiger partial charge in [-0.15, -0.1) is 0 Å². The molecule has 2 rings (SSSR count). The van der Waals surface area contributed by atoms with Crippen molar-refractivity contribution in [1.82, 2.24) is 0 Å². The van der Waals surface area contributed by atoms with Crippen LogP contribution in [0.15, 0.2) is 36.4 Å². The van der Waals surface area contributed by atoms with E-state index in [0.29, 0.717) is 16.4 Å². The second kappa shape index (κ2) is 4.82. The maximum Gasteiger partial charge on any atom is 0.143 e. The zero-order chi connectivity index (χ0) is 12.4. The van der Waals surface area contributed by atoms with E-state index in [1.165, 1.54) is 12.1 Å². The van der Waals surface area contributed by atoms with E-state index in [1.807, 2.05) is 12.1 Å². The van der Waals surface area contributed by atoms with Gasteiger partial charge in [-0.2, -0.15) is 0 Å². The third-order valence-electron chi connectivity index (χ3n) is 2.24. The van der Waals surface area contributed by atoms with Crippen LogP contribution < -0.4 is 11.1 Å². The molecule has 17 heavy (non-hydrogen) atoms. The smallest absolute Gasteiger partial charge is 0.143 e. The summed E-state index contributed by atoms with van der Waals surface area (Å²) in [7, 11) is 0. The van der Waals surface area contributed by atoms with E-state index in [-0.39, 0.29) is 10.7 Å². The third kappa shape index (κ3) is 2.62. The van der Waals surface area contributed by atoms with Crippen LogP contribution >= 0.6 is 23.2 Å². The van der Waals surface area contributed by atoms with Gasteiger partial charge in [0.05, 0.1) is 27.1 Å². The average Bonchev–Trinajstić information content (AvgIpc) is 2.29. The van der Waals surface area contributed by atoms with Crippen molar-refractivity contribution in [1.29, 1.82) is 0 Å². The lowest BCUT2D eigenvalue weighted by atomic mass is 10.2. The summed E-state index contributed by atoms with van der Waals surface area (Å²) in [4.78, 5) is 0. The van der Waals surface area contributed by atoms with Crippen LogP contribution in [0.25, 0.3) is 0 Å². The number of anilines is 3. The molecule has 3 N–H and O–H groups in total. The number of hydrogen-bond donors (Lipinski definition) is 2. The fraction of sp³-hybridized carbons (Fsp3) is 0. The van der Waals surface area contributed by atoms with Gasteiger partial charge in [-0.05, 0) is 18.2 Å². The monoisotopic (exact) mass is 270 g/mol. The van der Waals surface area contributed by atoms with Crippen LogP contribution in [-0.4, -0.2) is 0 Å². The maximum absolute atomic E-state index is 13.1. The minimum atomic E-state index is -0.547. The van der Waals surface area contributed by atoms with Gasteiger partial charge in [-0.25, -0.2) is 4.39 Å². The van der Waals surface area contributed by atoms with Crippen LogP contribution in [0, 0.1) is 5.82 Å². The Kier molecular flexibility index (Phi) is 3.41. The largest absolute Gasteiger partial charge is 0.397 e. The average molecular weight is 271 g/mol. The van der Waals surface area contributed by atoms with E-state index in [9.17, 15) is 4.39 Å². The van der Waals surface area contributed by atoms with Gasteiger partial charge in [0, 0.05) is 6.07 Å². The van der Waals surface area contributed by atoms with Crippen molar-refractivity contribution in [3.05, 3.63) is 52.3 Å². The van der Waals surface area contributed by atoms with E-state index < -0.39 is 5.82 Å². The van der Waals surface area contributed by atoms with Gasteiger partial charge in [0.25, 0.3) is 0 Å². The first-order chi connectivity index (χ1) is 8.08. The number of halogens is 3. The van der Waals surface area contributed by atoms with Crippen LogP contribution in [0.4, 0.5) is 21.5 Å². The molecule has 0 aliphatic rings. The first-order valence-electron chi connectivity index (χ1n) is 4.84. The molecule has 0 saturated heterocycles. The molecule has 0 aliphatic heterocycles. The van der Waals surface area contributed by atoms with Crippen LogP contribution in [0.1, 0.15) is 0 Å². The van der Waals surface area contributed by atoms with Gasteiger partial charge < -0.3 is 11.1 Å². The SMILES string of the molecule is Nc1cc(F)c(Cl)cc1Nc1ccccc1Cl. The molecule has 0 saturated carbocycles. The molecule has 0 aromatic heterocycles. The number of nitrogens with one attached hydrogen (secondary N) is 1. The summed E-state index contributed by atoms with van der Waals surface area (Å²) in [6.07, 6.45) is 0. The fourth-order valence-corrected chi connectivity index (χ4v) is 1.72. The molecule has 0 aliphatic carbocycles. The summed E-state index contributed by atoms with van der Waals surface area (Å²) in [5, 5.41) is 3.56. The highest BCUT2D eigenvalue weighted by Gasteiger charge is 2.07. The van der Waals surface area contributed by atoms with E-state index >= 15 is 0 Å². The number of nitrogen functional groups attached to an aromatic ring is 1. The van der Waals surface area contributed by atoms with Gasteiger partial charge in [-0.3, -0.25) is 0 Å². The first-order valence-corrected chi connectivity index (χ1v) is 5.59. The third-order valence-corrected chi connectivity index (χ3v) is 2.85. The number of nitrogens with two attached hydrogens (primary N) is 1. The fourth-order valence-electron chi connectivity index (χ4n) is 1.38. The molecule has 0 unspecified atom stereocenters. The van der Waals surface area contributed by atoms with Crippen LogP contribution in [-0.2, 0) is 0 Å². The van der Waals surface area contributed by atoms with Gasteiger partial charge in [-0.1, -0.05) is 35.3 Å². The second-order valence-electron chi connectivity index (χ2n) is 3.46. The molecule has 88 valence electrons. The maximum atomic E-state index is 13.1. The highest BCUT2D eigenvalue weighted by atomic mass is 35.5. The molecule has 2 nitrogen and oxygen atoms in total. The summed E-state index contributed by atoms with van der Waals surface area (Å²) in [6.45, 7) is 0. The number of benzene rings is 2. The Hall–Kier alpha value is -1.45. The van der Waals surface area contributed by atoms with Gasteiger partial charge in [0.2, 0.25) is 0 Å². The van der Waals surface area contributed by atoms with Gasteiger partial charge in [0.15, 0.2) is 0 Å². The number of hydrogen-bond acceptors (Lipinski definition) is 2. The highest BCUT2D eigenvalue weighted by Crippen LogP contribution is 2.31. The molecular formula is C12H9Cl2FN2. The van der Waals surface area contributed by atoms with Crippen molar-refractivity contribution in [2.75, 3.05) is 11.1 Å². The molecular weight excluding hydrogens is 262 g/mol.